The topological polar surface area (TPSA) is 80.8 Å². The first-order valence-corrected chi connectivity index (χ1v) is 12.8. The maximum atomic E-state index is 13.5. The van der Waals surface area contributed by atoms with E-state index in [0.717, 1.165) is 53.7 Å². The van der Waals surface area contributed by atoms with Crippen molar-refractivity contribution in [2.24, 2.45) is 0 Å². The number of urea groups is 1. The number of piperidine rings is 1. The second-order valence-corrected chi connectivity index (χ2v) is 10.1. The van der Waals surface area contributed by atoms with E-state index in [4.69, 9.17) is 4.74 Å². The first-order chi connectivity index (χ1) is 17.5. The lowest BCUT2D eigenvalue weighted by Gasteiger charge is -2.50. The number of hydrogen-bond acceptors (Lipinski definition) is 4. The van der Waals surface area contributed by atoms with E-state index in [1.807, 2.05) is 36.1 Å². The quantitative estimate of drug-likeness (QED) is 0.477. The molecular weight excluding hydrogens is 459 g/mol. The summed E-state index contributed by atoms with van der Waals surface area (Å²) in [6.07, 6.45) is 2.57. The van der Waals surface area contributed by atoms with Crippen molar-refractivity contribution < 1.29 is 19.0 Å². The zero-order chi connectivity index (χ0) is 25.3. The highest BCUT2D eigenvalue weighted by Crippen LogP contribution is 2.49. The summed E-state index contributed by atoms with van der Waals surface area (Å²) in [5.41, 5.74) is 4.10. The van der Waals surface area contributed by atoms with Crippen LogP contribution in [-0.2, 0) is 12.0 Å². The van der Waals surface area contributed by atoms with Crippen LogP contribution in [-0.4, -0.2) is 65.8 Å². The second-order valence-electron chi connectivity index (χ2n) is 10.1. The molecule has 2 amide bonds. The first-order valence-electron chi connectivity index (χ1n) is 12.8. The highest BCUT2D eigenvalue weighted by atomic mass is 19.1. The van der Waals surface area contributed by atoms with Crippen LogP contribution in [0, 0.1) is 5.82 Å². The number of nitrogens with one attached hydrogen (secondary N) is 2. The van der Waals surface area contributed by atoms with Crippen molar-refractivity contribution in [2.75, 3.05) is 39.9 Å². The highest BCUT2D eigenvalue weighted by Gasteiger charge is 2.47. The summed E-state index contributed by atoms with van der Waals surface area (Å²) in [6, 6.07) is 12.5. The molecule has 192 valence electrons. The number of nitrogens with zero attached hydrogens (tertiary/aromatic N) is 2. The minimum atomic E-state index is -0.256. The van der Waals surface area contributed by atoms with Crippen molar-refractivity contribution in [2.45, 2.75) is 44.2 Å². The van der Waals surface area contributed by atoms with Gasteiger partial charge < -0.3 is 25.0 Å². The zero-order valence-corrected chi connectivity index (χ0v) is 21.0. The van der Waals surface area contributed by atoms with Crippen molar-refractivity contribution in [3.8, 4) is 5.75 Å². The number of amides is 2. The van der Waals surface area contributed by atoms with Crippen molar-refractivity contribution in [3.05, 3.63) is 65.1 Å². The SMILES string of the molecule is CCCNC(=O)N1CCC2(CC1)CN(Cc1ccc(F)cc1)[C@@H](CO)c1[nH]c3cc(OC)ccc3c12. The Balaban J connectivity index is 1.53. The number of H-pyrrole nitrogens is 1. The van der Waals surface area contributed by atoms with Gasteiger partial charge in [-0.25, -0.2) is 9.18 Å². The Morgan fingerprint density at radius 1 is 1.22 bits per heavy atom. The standard InChI is InChI=1S/C28H35FN4O3/c1-3-12-30-27(35)32-13-10-28(11-14-32)18-33(16-19-4-6-20(29)7-5-19)24(17-34)26-25(28)22-9-8-21(36-2)15-23(22)31-26/h4-9,15,24,31,34H,3,10-14,16-18H2,1-2H3,(H,30,35)/t24-/m0/s1. The molecule has 1 aromatic heterocycles. The van der Waals surface area contributed by atoms with Crippen LogP contribution in [0.1, 0.15) is 49.0 Å². The molecule has 3 heterocycles. The number of fused-ring (bicyclic) bond motifs is 4. The molecule has 0 aliphatic carbocycles. The Kier molecular flexibility index (Phi) is 6.90. The zero-order valence-electron chi connectivity index (χ0n) is 21.0. The van der Waals surface area contributed by atoms with Gasteiger partial charge in [0, 0.05) is 60.8 Å². The van der Waals surface area contributed by atoms with Gasteiger partial charge in [-0.15, -0.1) is 0 Å². The van der Waals surface area contributed by atoms with Gasteiger partial charge in [0.1, 0.15) is 11.6 Å². The first kappa shape index (κ1) is 24.6. The third-order valence-corrected chi connectivity index (χ3v) is 7.85. The van der Waals surface area contributed by atoms with Crippen molar-refractivity contribution >= 4 is 16.9 Å². The number of ether oxygens (including phenoxy) is 1. The highest BCUT2D eigenvalue weighted by molar-refractivity contribution is 5.88. The lowest BCUT2D eigenvalue weighted by Crippen LogP contribution is -2.55. The van der Waals surface area contributed by atoms with Gasteiger partial charge in [-0.2, -0.15) is 0 Å². The minimum absolute atomic E-state index is 0.00259. The van der Waals surface area contributed by atoms with Gasteiger partial charge in [0.2, 0.25) is 0 Å². The lowest BCUT2D eigenvalue weighted by atomic mass is 9.68. The van der Waals surface area contributed by atoms with Gasteiger partial charge >= 0.3 is 6.03 Å². The fourth-order valence-corrected chi connectivity index (χ4v) is 5.99. The predicted molar refractivity (Wildman–Crippen MR) is 138 cm³/mol. The van der Waals surface area contributed by atoms with E-state index in [-0.39, 0.29) is 29.9 Å². The summed E-state index contributed by atoms with van der Waals surface area (Å²) in [7, 11) is 1.66. The molecule has 5 rings (SSSR count). The number of carbonyl (C=O) groups is 1. The summed E-state index contributed by atoms with van der Waals surface area (Å²) in [6.45, 7) is 5.41. The van der Waals surface area contributed by atoms with Gasteiger partial charge in [-0.1, -0.05) is 19.1 Å². The lowest BCUT2D eigenvalue weighted by molar-refractivity contribution is 0.0486. The van der Waals surface area contributed by atoms with Crippen molar-refractivity contribution in [1.29, 1.82) is 0 Å². The van der Waals surface area contributed by atoms with Gasteiger partial charge in [-0.3, -0.25) is 4.90 Å². The molecule has 0 unspecified atom stereocenters. The van der Waals surface area contributed by atoms with E-state index in [0.29, 0.717) is 26.2 Å². The smallest absolute Gasteiger partial charge is 0.317 e. The summed E-state index contributed by atoms with van der Waals surface area (Å²) in [5, 5.41) is 14.7. The molecule has 7 nitrogen and oxygen atoms in total. The Morgan fingerprint density at radius 2 is 1.97 bits per heavy atom. The normalized spacial score (nSPS) is 19.4. The molecule has 36 heavy (non-hydrogen) atoms. The third kappa shape index (κ3) is 4.44. The monoisotopic (exact) mass is 494 g/mol. The number of aromatic nitrogens is 1. The largest absolute Gasteiger partial charge is 0.497 e. The molecule has 3 N–H and O–H groups in total. The number of methoxy groups -OCH3 is 1. The number of halogens is 1. The third-order valence-electron chi connectivity index (χ3n) is 7.85. The molecule has 2 aliphatic heterocycles. The van der Waals surface area contributed by atoms with Crippen molar-refractivity contribution in [3.63, 3.8) is 0 Å². The maximum Gasteiger partial charge on any atom is 0.317 e. The van der Waals surface area contributed by atoms with Crippen LogP contribution in [0.4, 0.5) is 9.18 Å². The molecule has 1 fully saturated rings. The van der Waals surface area contributed by atoms with Gasteiger partial charge in [0.25, 0.3) is 0 Å². The molecule has 2 aliphatic rings. The van der Waals surface area contributed by atoms with E-state index in [9.17, 15) is 14.3 Å². The second kappa shape index (κ2) is 10.1. The van der Waals surface area contributed by atoms with Crippen LogP contribution >= 0.6 is 0 Å². The molecule has 0 bridgehead atoms. The average molecular weight is 495 g/mol. The van der Waals surface area contributed by atoms with Crippen LogP contribution in [0.25, 0.3) is 10.9 Å². The van der Waals surface area contributed by atoms with Crippen LogP contribution in [0.2, 0.25) is 0 Å². The van der Waals surface area contributed by atoms with E-state index in [2.05, 4.69) is 21.3 Å². The van der Waals surface area contributed by atoms with E-state index >= 15 is 0 Å². The van der Waals surface area contributed by atoms with E-state index in [1.165, 1.54) is 17.7 Å². The number of aromatic amines is 1. The molecule has 0 saturated carbocycles. The summed E-state index contributed by atoms with van der Waals surface area (Å²) in [5.74, 6) is 0.523. The summed E-state index contributed by atoms with van der Waals surface area (Å²) in [4.78, 5) is 20.5. The number of carbonyl (C=O) groups excluding carboxylic acids is 1. The number of rotatable bonds is 6. The Morgan fingerprint density at radius 3 is 2.64 bits per heavy atom. The number of likely N-dealkylation sites (tertiary alicyclic amines) is 1. The molecule has 0 radical (unpaired) electrons. The predicted octanol–water partition coefficient (Wildman–Crippen LogP) is 4.32. The Hall–Kier alpha value is -3.10. The van der Waals surface area contributed by atoms with Gasteiger partial charge in [0.05, 0.1) is 19.8 Å². The van der Waals surface area contributed by atoms with Crippen molar-refractivity contribution in [1.82, 2.24) is 20.1 Å². The van der Waals surface area contributed by atoms with Gasteiger partial charge in [0.15, 0.2) is 0 Å². The maximum absolute atomic E-state index is 13.5. The van der Waals surface area contributed by atoms with Crippen LogP contribution in [0.5, 0.6) is 5.75 Å². The van der Waals surface area contributed by atoms with Gasteiger partial charge in [-0.05, 0) is 54.7 Å². The molecule has 1 saturated heterocycles. The number of hydrogen-bond donors (Lipinski definition) is 3. The number of benzene rings is 2. The Labute approximate surface area is 211 Å². The van der Waals surface area contributed by atoms with E-state index < -0.39 is 0 Å². The molecular formula is C28H35FN4O3. The fraction of sp³-hybridized carbons (Fsp3) is 0.464. The average Bonchev–Trinajstić information content (AvgIpc) is 3.28. The number of aliphatic hydroxyl groups is 1. The molecule has 8 heteroatoms. The number of aliphatic hydroxyl groups excluding tert-OH is 1. The van der Waals surface area contributed by atoms with Crippen LogP contribution in [0.3, 0.4) is 0 Å². The minimum Gasteiger partial charge on any atom is -0.497 e. The molecule has 1 spiro atoms. The summed E-state index contributed by atoms with van der Waals surface area (Å²) < 4.78 is 19.0. The Bertz CT molecular complexity index is 1220. The summed E-state index contributed by atoms with van der Waals surface area (Å²) >= 11 is 0. The molecule has 1 atom stereocenters. The van der Waals surface area contributed by atoms with Crippen LogP contribution < -0.4 is 10.1 Å². The molecule has 3 aromatic rings. The van der Waals surface area contributed by atoms with Crippen LogP contribution in [0.15, 0.2) is 42.5 Å². The molecule has 2 aromatic carbocycles. The van der Waals surface area contributed by atoms with E-state index in [1.54, 1.807) is 7.11 Å². The fourth-order valence-electron chi connectivity index (χ4n) is 5.99.